The molecule has 1 N–H and O–H groups in total. The van der Waals surface area contributed by atoms with Gasteiger partial charge in [0.05, 0.1) is 18.8 Å². The highest BCUT2D eigenvalue weighted by atomic mass is 19.1. The molecule has 1 fully saturated rings. The topological polar surface area (TPSA) is 49.8 Å². The van der Waals surface area contributed by atoms with Crippen molar-refractivity contribution in [2.24, 2.45) is 0 Å². The lowest BCUT2D eigenvalue weighted by Crippen LogP contribution is -2.34. The molecule has 0 aliphatic carbocycles. The Morgan fingerprint density at radius 2 is 2.00 bits per heavy atom. The quantitative estimate of drug-likeness (QED) is 0.821. The standard InChI is InChI=1S/C20H22FNO3/c21-17-8-4-7-16(11-17)19-12-18(23)13-22(19)20(24)14-25-10-9-15-5-2-1-3-6-15/h1-8,11,18-19,23H,9-10,12-14H2/t18-,19-/m1/s1. The molecule has 2 aromatic rings. The fourth-order valence-electron chi connectivity index (χ4n) is 3.20. The number of rotatable bonds is 6. The van der Waals surface area contributed by atoms with Gasteiger partial charge in [0.25, 0.3) is 0 Å². The summed E-state index contributed by atoms with van der Waals surface area (Å²) < 4.78 is 19.0. The van der Waals surface area contributed by atoms with Crippen molar-refractivity contribution in [1.29, 1.82) is 0 Å². The Morgan fingerprint density at radius 3 is 2.76 bits per heavy atom. The van der Waals surface area contributed by atoms with Crippen molar-refractivity contribution in [3.05, 3.63) is 71.5 Å². The van der Waals surface area contributed by atoms with Gasteiger partial charge in [-0.3, -0.25) is 4.79 Å². The summed E-state index contributed by atoms with van der Waals surface area (Å²) >= 11 is 0. The van der Waals surface area contributed by atoms with E-state index in [-0.39, 0.29) is 30.9 Å². The fraction of sp³-hybridized carbons (Fsp3) is 0.350. The number of aliphatic hydroxyl groups excluding tert-OH is 1. The van der Waals surface area contributed by atoms with Crippen molar-refractivity contribution in [3.63, 3.8) is 0 Å². The van der Waals surface area contributed by atoms with Crippen LogP contribution in [-0.2, 0) is 16.0 Å². The minimum absolute atomic E-state index is 0.0363. The number of aliphatic hydroxyl groups is 1. The lowest BCUT2D eigenvalue weighted by atomic mass is 10.0. The normalized spacial score (nSPS) is 20.0. The minimum atomic E-state index is -0.596. The maximum atomic E-state index is 13.5. The van der Waals surface area contributed by atoms with E-state index in [1.165, 1.54) is 12.1 Å². The third-order valence-electron chi connectivity index (χ3n) is 4.44. The highest BCUT2D eigenvalue weighted by Gasteiger charge is 2.35. The number of hydrogen-bond donors (Lipinski definition) is 1. The molecule has 1 aliphatic heterocycles. The molecule has 0 aromatic heterocycles. The van der Waals surface area contributed by atoms with Crippen LogP contribution in [0.1, 0.15) is 23.6 Å². The van der Waals surface area contributed by atoms with Gasteiger partial charge in [0.15, 0.2) is 0 Å². The first kappa shape index (κ1) is 17.6. The maximum Gasteiger partial charge on any atom is 0.249 e. The zero-order chi connectivity index (χ0) is 17.6. The lowest BCUT2D eigenvalue weighted by Gasteiger charge is -2.24. The second kappa shape index (κ2) is 8.23. The first-order valence-electron chi connectivity index (χ1n) is 8.48. The van der Waals surface area contributed by atoms with Crippen molar-refractivity contribution in [1.82, 2.24) is 4.90 Å². The minimum Gasteiger partial charge on any atom is -0.391 e. The Balaban J connectivity index is 1.54. The third-order valence-corrected chi connectivity index (χ3v) is 4.44. The summed E-state index contributed by atoms with van der Waals surface area (Å²) in [5.41, 5.74) is 1.86. The molecule has 0 radical (unpaired) electrons. The molecule has 2 atom stereocenters. The molecular weight excluding hydrogens is 321 g/mol. The van der Waals surface area contributed by atoms with Gasteiger partial charge in [-0.15, -0.1) is 0 Å². The molecule has 1 saturated heterocycles. The molecule has 25 heavy (non-hydrogen) atoms. The Bertz CT molecular complexity index is 707. The van der Waals surface area contributed by atoms with E-state index in [4.69, 9.17) is 4.74 Å². The number of carbonyl (C=O) groups is 1. The predicted octanol–water partition coefficient (Wildman–Crippen LogP) is 2.72. The van der Waals surface area contributed by atoms with E-state index in [0.717, 1.165) is 12.0 Å². The number of halogens is 1. The van der Waals surface area contributed by atoms with Gasteiger partial charge >= 0.3 is 0 Å². The summed E-state index contributed by atoms with van der Waals surface area (Å²) in [7, 11) is 0. The van der Waals surface area contributed by atoms with Crippen LogP contribution in [0.3, 0.4) is 0 Å². The van der Waals surface area contributed by atoms with Gasteiger partial charge in [-0.25, -0.2) is 4.39 Å². The average Bonchev–Trinajstić information content (AvgIpc) is 3.01. The highest BCUT2D eigenvalue weighted by molar-refractivity contribution is 5.78. The van der Waals surface area contributed by atoms with Crippen LogP contribution in [-0.4, -0.2) is 41.8 Å². The SMILES string of the molecule is O=C(COCCc1ccccc1)N1C[C@H](O)C[C@@H]1c1cccc(F)c1. The number of ether oxygens (including phenoxy) is 1. The van der Waals surface area contributed by atoms with Gasteiger partial charge in [-0.2, -0.15) is 0 Å². The molecule has 1 heterocycles. The van der Waals surface area contributed by atoms with Gasteiger partial charge in [0.1, 0.15) is 12.4 Å². The molecule has 0 bridgehead atoms. The molecule has 0 spiro atoms. The Hall–Kier alpha value is -2.24. The third kappa shape index (κ3) is 4.65. The Kier molecular flexibility index (Phi) is 5.79. The largest absolute Gasteiger partial charge is 0.391 e. The van der Waals surface area contributed by atoms with Crippen LogP contribution in [0, 0.1) is 5.82 Å². The first-order valence-corrected chi connectivity index (χ1v) is 8.48. The monoisotopic (exact) mass is 343 g/mol. The number of carbonyl (C=O) groups excluding carboxylic acids is 1. The predicted molar refractivity (Wildman–Crippen MR) is 92.4 cm³/mol. The number of β-amino-alcohol motifs (C(OH)–C–C–N with tert-alkyl or cyclic N) is 1. The van der Waals surface area contributed by atoms with Crippen molar-refractivity contribution in [2.45, 2.75) is 25.0 Å². The lowest BCUT2D eigenvalue weighted by molar-refractivity contribution is -0.137. The van der Waals surface area contributed by atoms with Crippen LogP contribution in [0.4, 0.5) is 4.39 Å². The molecular formula is C20H22FNO3. The summed E-state index contributed by atoms with van der Waals surface area (Å²) in [5.74, 6) is -0.524. The van der Waals surface area contributed by atoms with Crippen molar-refractivity contribution in [3.8, 4) is 0 Å². The number of benzene rings is 2. The zero-order valence-electron chi connectivity index (χ0n) is 14.0. The number of hydrogen-bond acceptors (Lipinski definition) is 3. The molecule has 5 heteroatoms. The smallest absolute Gasteiger partial charge is 0.249 e. The Labute approximate surface area is 146 Å². The van der Waals surface area contributed by atoms with Crippen LogP contribution in [0.25, 0.3) is 0 Å². The van der Waals surface area contributed by atoms with Crippen molar-refractivity contribution >= 4 is 5.91 Å². The zero-order valence-corrected chi connectivity index (χ0v) is 14.0. The van der Waals surface area contributed by atoms with E-state index in [2.05, 4.69) is 0 Å². The highest BCUT2D eigenvalue weighted by Crippen LogP contribution is 2.32. The van der Waals surface area contributed by atoms with Crippen LogP contribution in [0.15, 0.2) is 54.6 Å². The maximum absolute atomic E-state index is 13.5. The van der Waals surface area contributed by atoms with Crippen molar-refractivity contribution < 1.29 is 19.0 Å². The molecule has 132 valence electrons. The first-order chi connectivity index (χ1) is 12.1. The van der Waals surface area contributed by atoms with Gasteiger partial charge in [0.2, 0.25) is 5.91 Å². The number of likely N-dealkylation sites (tertiary alicyclic amines) is 1. The molecule has 0 unspecified atom stereocenters. The summed E-state index contributed by atoms with van der Waals surface area (Å²) in [4.78, 5) is 14.1. The Morgan fingerprint density at radius 1 is 1.20 bits per heavy atom. The summed E-state index contributed by atoms with van der Waals surface area (Å²) in [6, 6.07) is 15.8. The summed E-state index contributed by atoms with van der Waals surface area (Å²) in [6.07, 6.45) is 0.560. The van der Waals surface area contributed by atoms with Crippen LogP contribution in [0.2, 0.25) is 0 Å². The van der Waals surface area contributed by atoms with Gasteiger partial charge < -0.3 is 14.7 Å². The molecule has 1 amide bonds. The van der Waals surface area contributed by atoms with E-state index in [1.54, 1.807) is 17.0 Å². The fourth-order valence-corrected chi connectivity index (χ4v) is 3.20. The van der Waals surface area contributed by atoms with Crippen LogP contribution in [0.5, 0.6) is 0 Å². The van der Waals surface area contributed by atoms with Gasteiger partial charge in [0, 0.05) is 6.54 Å². The van der Waals surface area contributed by atoms with Crippen molar-refractivity contribution in [2.75, 3.05) is 19.8 Å². The molecule has 0 saturated carbocycles. The second-order valence-electron chi connectivity index (χ2n) is 6.29. The molecule has 2 aromatic carbocycles. The van der Waals surface area contributed by atoms with Gasteiger partial charge in [-0.05, 0) is 36.1 Å². The summed E-state index contributed by atoms with van der Waals surface area (Å²) in [6.45, 7) is 0.671. The van der Waals surface area contributed by atoms with Crippen LogP contribution >= 0.6 is 0 Å². The van der Waals surface area contributed by atoms with Gasteiger partial charge in [-0.1, -0.05) is 42.5 Å². The number of amides is 1. The van der Waals surface area contributed by atoms with E-state index in [9.17, 15) is 14.3 Å². The molecule has 4 nitrogen and oxygen atoms in total. The molecule has 1 aliphatic rings. The average molecular weight is 343 g/mol. The van der Waals surface area contributed by atoms with E-state index in [1.807, 2.05) is 30.3 Å². The second-order valence-corrected chi connectivity index (χ2v) is 6.29. The van der Waals surface area contributed by atoms with E-state index in [0.29, 0.717) is 18.6 Å². The van der Waals surface area contributed by atoms with E-state index >= 15 is 0 Å². The van der Waals surface area contributed by atoms with Crippen LogP contribution < -0.4 is 0 Å². The molecule has 3 rings (SSSR count). The summed E-state index contributed by atoms with van der Waals surface area (Å²) in [5, 5.41) is 9.94. The number of nitrogens with zero attached hydrogens (tertiary/aromatic N) is 1. The van der Waals surface area contributed by atoms with E-state index < -0.39 is 6.10 Å².